The number of hydrogen-bond acceptors (Lipinski definition) is 3. The molecule has 1 saturated carbocycles. The van der Waals surface area contributed by atoms with Crippen molar-refractivity contribution in [2.45, 2.75) is 50.0 Å². The van der Waals surface area contributed by atoms with Crippen molar-refractivity contribution in [3.8, 4) is 0 Å². The van der Waals surface area contributed by atoms with E-state index >= 15 is 0 Å². The van der Waals surface area contributed by atoms with Crippen molar-refractivity contribution >= 4 is 17.7 Å². The van der Waals surface area contributed by atoms with Gasteiger partial charge in [0.05, 0.1) is 0 Å². The number of hydrogen-bond donors (Lipinski definition) is 2. The predicted octanol–water partition coefficient (Wildman–Crippen LogP) is 2.90. The van der Waals surface area contributed by atoms with Gasteiger partial charge in [0.15, 0.2) is 6.10 Å². The molecule has 2 N–H and O–H groups in total. The van der Waals surface area contributed by atoms with Crippen LogP contribution in [-0.2, 0) is 4.79 Å². The van der Waals surface area contributed by atoms with Crippen LogP contribution in [0.2, 0.25) is 0 Å². The maximum atomic E-state index is 12.1. The molecule has 3 atom stereocenters. The molecular formula is C16H23NO2S. The zero-order valence-electron chi connectivity index (χ0n) is 11.9. The topological polar surface area (TPSA) is 49.3 Å². The van der Waals surface area contributed by atoms with E-state index in [0.717, 1.165) is 25.0 Å². The van der Waals surface area contributed by atoms with E-state index in [0.29, 0.717) is 10.8 Å². The summed E-state index contributed by atoms with van der Waals surface area (Å²) >= 11 is 1.97. The van der Waals surface area contributed by atoms with Crippen molar-refractivity contribution < 1.29 is 9.90 Å². The number of aliphatic hydroxyl groups excluding tert-OH is 1. The van der Waals surface area contributed by atoms with Gasteiger partial charge in [0.25, 0.3) is 5.91 Å². The van der Waals surface area contributed by atoms with Crippen LogP contribution in [0.25, 0.3) is 0 Å². The van der Waals surface area contributed by atoms with E-state index in [4.69, 9.17) is 0 Å². The number of carbonyl (C=O) groups is 1. The number of thioether (sulfide) groups is 1. The fourth-order valence-electron chi connectivity index (χ4n) is 2.73. The molecule has 0 aromatic heterocycles. The summed E-state index contributed by atoms with van der Waals surface area (Å²) in [5.74, 6) is 0.848. The number of benzene rings is 1. The minimum absolute atomic E-state index is 0.207. The van der Waals surface area contributed by atoms with E-state index in [9.17, 15) is 9.90 Å². The van der Waals surface area contributed by atoms with Crippen LogP contribution >= 0.6 is 11.8 Å². The molecule has 3 unspecified atom stereocenters. The van der Waals surface area contributed by atoms with Gasteiger partial charge in [0, 0.05) is 11.3 Å². The van der Waals surface area contributed by atoms with Gasteiger partial charge in [-0.05, 0) is 30.6 Å². The molecular weight excluding hydrogens is 270 g/mol. The fourth-order valence-corrected chi connectivity index (χ4v) is 3.90. The third kappa shape index (κ3) is 4.25. The number of carbonyl (C=O) groups excluding carboxylic acids is 1. The Morgan fingerprint density at radius 1 is 1.40 bits per heavy atom. The van der Waals surface area contributed by atoms with Gasteiger partial charge in [-0.15, -0.1) is 0 Å². The lowest BCUT2D eigenvalue weighted by atomic mass is 9.94. The average molecular weight is 293 g/mol. The summed E-state index contributed by atoms with van der Waals surface area (Å²) in [6.07, 6.45) is 3.38. The van der Waals surface area contributed by atoms with Crippen molar-refractivity contribution in [1.82, 2.24) is 5.32 Å². The standard InChI is InChI=1S/C16H23NO2S/c1-2-20-14-10-6-9-13(11-14)17-16(19)15(18)12-7-4-3-5-8-12/h3-5,7-8,13-15,18H,2,6,9-11H2,1H3,(H,17,19). The van der Waals surface area contributed by atoms with Crippen LogP contribution in [0.3, 0.4) is 0 Å². The Morgan fingerprint density at radius 3 is 2.85 bits per heavy atom. The van der Waals surface area contributed by atoms with E-state index in [1.165, 1.54) is 6.42 Å². The normalized spacial score (nSPS) is 24.1. The molecule has 0 aliphatic heterocycles. The smallest absolute Gasteiger partial charge is 0.253 e. The number of nitrogens with one attached hydrogen (secondary N) is 1. The summed E-state index contributed by atoms with van der Waals surface area (Å²) in [6.45, 7) is 2.17. The van der Waals surface area contributed by atoms with Crippen molar-refractivity contribution in [2.24, 2.45) is 0 Å². The Labute approximate surface area is 125 Å². The van der Waals surface area contributed by atoms with E-state index in [1.54, 1.807) is 12.1 Å². The van der Waals surface area contributed by atoms with Gasteiger partial charge in [-0.2, -0.15) is 11.8 Å². The van der Waals surface area contributed by atoms with Crippen LogP contribution in [-0.4, -0.2) is 28.1 Å². The molecule has 0 radical (unpaired) electrons. The van der Waals surface area contributed by atoms with E-state index in [1.807, 2.05) is 30.0 Å². The molecule has 0 heterocycles. The Bertz CT molecular complexity index is 422. The van der Waals surface area contributed by atoms with Gasteiger partial charge in [0.1, 0.15) is 0 Å². The number of amides is 1. The molecule has 0 saturated heterocycles. The van der Waals surface area contributed by atoms with Gasteiger partial charge in [0.2, 0.25) is 0 Å². The van der Waals surface area contributed by atoms with Crippen molar-refractivity contribution in [3.05, 3.63) is 35.9 Å². The third-order valence-electron chi connectivity index (χ3n) is 3.74. The minimum Gasteiger partial charge on any atom is -0.378 e. The number of rotatable bonds is 5. The highest BCUT2D eigenvalue weighted by Gasteiger charge is 2.25. The lowest BCUT2D eigenvalue weighted by Gasteiger charge is -2.29. The summed E-state index contributed by atoms with van der Waals surface area (Å²) in [5, 5.41) is 13.7. The molecule has 1 aromatic carbocycles. The quantitative estimate of drug-likeness (QED) is 0.877. The second-order valence-electron chi connectivity index (χ2n) is 5.26. The highest BCUT2D eigenvalue weighted by Crippen LogP contribution is 2.28. The van der Waals surface area contributed by atoms with Crippen LogP contribution in [0.4, 0.5) is 0 Å². The molecule has 1 fully saturated rings. The van der Waals surface area contributed by atoms with E-state index in [-0.39, 0.29) is 11.9 Å². The summed E-state index contributed by atoms with van der Waals surface area (Å²) < 4.78 is 0. The monoisotopic (exact) mass is 293 g/mol. The number of aliphatic hydroxyl groups is 1. The Hall–Kier alpha value is -1.00. The molecule has 1 aliphatic carbocycles. The van der Waals surface area contributed by atoms with Crippen LogP contribution in [0.1, 0.15) is 44.3 Å². The lowest BCUT2D eigenvalue weighted by Crippen LogP contribution is -2.41. The van der Waals surface area contributed by atoms with E-state index < -0.39 is 6.10 Å². The zero-order valence-corrected chi connectivity index (χ0v) is 12.7. The lowest BCUT2D eigenvalue weighted by molar-refractivity contribution is -0.130. The van der Waals surface area contributed by atoms with Gasteiger partial charge in [-0.3, -0.25) is 4.79 Å². The first kappa shape index (κ1) is 15.4. The summed E-state index contributed by atoms with van der Waals surface area (Å²) in [6, 6.07) is 9.31. The van der Waals surface area contributed by atoms with Gasteiger partial charge < -0.3 is 10.4 Å². The molecule has 2 rings (SSSR count). The van der Waals surface area contributed by atoms with Gasteiger partial charge >= 0.3 is 0 Å². The predicted molar refractivity (Wildman–Crippen MR) is 83.7 cm³/mol. The largest absolute Gasteiger partial charge is 0.378 e. The van der Waals surface area contributed by atoms with Crippen molar-refractivity contribution in [1.29, 1.82) is 0 Å². The van der Waals surface area contributed by atoms with Crippen LogP contribution in [0.5, 0.6) is 0 Å². The fraction of sp³-hybridized carbons (Fsp3) is 0.562. The maximum absolute atomic E-state index is 12.1. The van der Waals surface area contributed by atoms with Crippen molar-refractivity contribution in [3.63, 3.8) is 0 Å². The molecule has 4 heteroatoms. The molecule has 1 aromatic rings. The third-order valence-corrected chi connectivity index (χ3v) is 4.97. The van der Waals surface area contributed by atoms with Gasteiger partial charge in [-0.25, -0.2) is 0 Å². The summed E-state index contributed by atoms with van der Waals surface area (Å²) in [4.78, 5) is 12.1. The summed E-state index contributed by atoms with van der Waals surface area (Å²) in [5.41, 5.74) is 0.653. The second-order valence-corrected chi connectivity index (χ2v) is 6.84. The Kier molecular flexibility index (Phi) is 5.92. The molecule has 0 spiro atoms. The highest BCUT2D eigenvalue weighted by atomic mass is 32.2. The highest BCUT2D eigenvalue weighted by molar-refractivity contribution is 7.99. The Balaban J connectivity index is 1.87. The first-order valence-corrected chi connectivity index (χ1v) is 8.40. The van der Waals surface area contributed by atoms with Crippen LogP contribution in [0.15, 0.2) is 30.3 Å². The molecule has 20 heavy (non-hydrogen) atoms. The molecule has 110 valence electrons. The molecule has 1 amide bonds. The SMILES string of the molecule is CCSC1CCCC(NC(=O)C(O)c2ccccc2)C1. The van der Waals surface area contributed by atoms with Crippen LogP contribution < -0.4 is 5.32 Å². The molecule has 3 nitrogen and oxygen atoms in total. The molecule has 0 bridgehead atoms. The van der Waals surface area contributed by atoms with Crippen LogP contribution in [0, 0.1) is 0 Å². The zero-order chi connectivity index (χ0) is 14.4. The Morgan fingerprint density at radius 2 is 2.15 bits per heavy atom. The minimum atomic E-state index is -1.06. The summed E-state index contributed by atoms with van der Waals surface area (Å²) in [7, 11) is 0. The maximum Gasteiger partial charge on any atom is 0.253 e. The average Bonchev–Trinajstić information content (AvgIpc) is 2.48. The van der Waals surface area contributed by atoms with Crippen molar-refractivity contribution in [2.75, 3.05) is 5.75 Å². The first-order chi connectivity index (χ1) is 9.70. The molecule has 1 aliphatic rings. The first-order valence-electron chi connectivity index (χ1n) is 7.35. The second kappa shape index (κ2) is 7.70. The van der Waals surface area contributed by atoms with E-state index in [2.05, 4.69) is 12.2 Å². The van der Waals surface area contributed by atoms with Gasteiger partial charge in [-0.1, -0.05) is 43.7 Å².